The summed E-state index contributed by atoms with van der Waals surface area (Å²) in [7, 11) is 1.86. The van der Waals surface area contributed by atoms with Crippen LogP contribution in [0, 0.1) is 0 Å². The average Bonchev–Trinajstić information content (AvgIpc) is 2.36. The van der Waals surface area contributed by atoms with Crippen molar-refractivity contribution in [1.29, 1.82) is 0 Å². The molecule has 112 valence electrons. The predicted molar refractivity (Wildman–Crippen MR) is 91.4 cm³/mol. The summed E-state index contributed by atoms with van der Waals surface area (Å²) in [6, 6.07) is 6.63. The first-order valence-corrected chi connectivity index (χ1v) is 7.55. The number of rotatable bonds is 5. The highest BCUT2D eigenvalue weighted by molar-refractivity contribution is 5.93. The number of para-hydroxylation sites is 1. The van der Waals surface area contributed by atoms with Gasteiger partial charge in [-0.2, -0.15) is 0 Å². The largest absolute Gasteiger partial charge is 0.374 e. The van der Waals surface area contributed by atoms with E-state index in [-0.39, 0.29) is 5.54 Å². The van der Waals surface area contributed by atoms with Gasteiger partial charge >= 0.3 is 0 Å². The number of anilines is 1. The van der Waals surface area contributed by atoms with Crippen molar-refractivity contribution >= 4 is 11.4 Å². The van der Waals surface area contributed by atoms with Crippen LogP contribution in [0.2, 0.25) is 0 Å². The molecular weight excluding hydrogens is 244 g/mol. The van der Waals surface area contributed by atoms with Crippen molar-refractivity contribution in [2.75, 3.05) is 12.4 Å². The molecule has 1 rings (SSSR count). The third kappa shape index (κ3) is 3.62. The molecule has 2 nitrogen and oxygen atoms in total. The maximum Gasteiger partial charge on any atom is 0.0693 e. The topological polar surface area (TPSA) is 24.4 Å². The van der Waals surface area contributed by atoms with Crippen LogP contribution in [0.3, 0.4) is 0 Å². The van der Waals surface area contributed by atoms with Gasteiger partial charge in [-0.1, -0.05) is 45.9 Å². The summed E-state index contributed by atoms with van der Waals surface area (Å²) in [5, 5.41) is 3.74. The summed E-state index contributed by atoms with van der Waals surface area (Å²) in [5.74, 6) is 1.01. The fourth-order valence-electron chi connectivity index (χ4n) is 2.38. The van der Waals surface area contributed by atoms with Gasteiger partial charge in [0.2, 0.25) is 0 Å². The van der Waals surface area contributed by atoms with E-state index in [4.69, 9.17) is 0 Å². The van der Waals surface area contributed by atoms with Crippen LogP contribution < -0.4 is 5.32 Å². The Hall–Kier alpha value is -1.31. The lowest BCUT2D eigenvalue weighted by molar-refractivity contribution is 0.736. The Balaban J connectivity index is 3.34. The lowest BCUT2D eigenvalue weighted by atomic mass is 9.90. The van der Waals surface area contributed by atoms with Crippen LogP contribution in [0.1, 0.15) is 71.4 Å². The second kappa shape index (κ2) is 6.43. The lowest BCUT2D eigenvalue weighted by Gasteiger charge is -2.31. The summed E-state index contributed by atoms with van der Waals surface area (Å²) in [4.78, 5) is 4.36. The molecule has 0 aliphatic heterocycles. The molecule has 0 unspecified atom stereocenters. The Labute approximate surface area is 124 Å². The normalized spacial score (nSPS) is 13.2. The molecule has 0 aromatic heterocycles. The number of nitrogens with zero attached hydrogens (tertiary/aromatic N) is 1. The van der Waals surface area contributed by atoms with Crippen LogP contribution in [-0.2, 0) is 0 Å². The molecule has 0 spiro atoms. The second-order valence-electron chi connectivity index (χ2n) is 6.68. The smallest absolute Gasteiger partial charge is 0.0693 e. The van der Waals surface area contributed by atoms with Crippen molar-refractivity contribution in [2.24, 2.45) is 4.99 Å². The zero-order chi connectivity index (χ0) is 15.5. The van der Waals surface area contributed by atoms with Crippen LogP contribution >= 0.6 is 0 Å². The first-order chi connectivity index (χ1) is 9.20. The number of hydrogen-bond donors (Lipinski definition) is 1. The van der Waals surface area contributed by atoms with E-state index >= 15 is 0 Å². The summed E-state index contributed by atoms with van der Waals surface area (Å²) in [5.41, 5.74) is 5.03. The van der Waals surface area contributed by atoms with Gasteiger partial charge in [0.25, 0.3) is 0 Å². The fourth-order valence-corrected chi connectivity index (χ4v) is 2.38. The fraction of sp³-hybridized carbons (Fsp3) is 0.611. The Kier molecular flexibility index (Phi) is 5.38. The molecule has 0 saturated carbocycles. The van der Waals surface area contributed by atoms with Gasteiger partial charge in [-0.25, -0.2) is 0 Å². The van der Waals surface area contributed by atoms with Gasteiger partial charge in [-0.3, -0.25) is 4.99 Å². The van der Waals surface area contributed by atoms with Crippen LogP contribution in [-0.4, -0.2) is 18.3 Å². The Morgan fingerprint density at radius 1 is 1.05 bits per heavy atom. The molecule has 0 saturated heterocycles. The van der Waals surface area contributed by atoms with Crippen molar-refractivity contribution < 1.29 is 0 Å². The highest BCUT2D eigenvalue weighted by Gasteiger charge is 2.24. The molecule has 1 aromatic rings. The van der Waals surface area contributed by atoms with E-state index in [1.807, 2.05) is 7.05 Å². The monoisotopic (exact) mass is 274 g/mol. The molecule has 20 heavy (non-hydrogen) atoms. The van der Waals surface area contributed by atoms with E-state index in [1.165, 1.54) is 16.8 Å². The summed E-state index contributed by atoms with van der Waals surface area (Å²) in [6.45, 7) is 15.5. The van der Waals surface area contributed by atoms with E-state index in [2.05, 4.69) is 77.0 Å². The Bertz CT molecular complexity index is 456. The molecule has 0 bridgehead atoms. The molecule has 1 N–H and O–H groups in total. The summed E-state index contributed by atoms with van der Waals surface area (Å²) < 4.78 is 0. The molecule has 0 amide bonds. The zero-order valence-electron chi connectivity index (χ0n) is 14.3. The van der Waals surface area contributed by atoms with Crippen molar-refractivity contribution in [2.45, 2.75) is 65.8 Å². The van der Waals surface area contributed by atoms with E-state index in [1.54, 1.807) is 0 Å². The second-order valence-corrected chi connectivity index (χ2v) is 6.68. The quantitative estimate of drug-likeness (QED) is 0.732. The SMILES string of the molecule is CN=C(C)C(C)(C)Nc1c(C(C)C)cccc1C(C)C. The highest BCUT2D eigenvalue weighted by atomic mass is 15.0. The molecule has 1 aromatic carbocycles. The average molecular weight is 274 g/mol. The molecule has 2 heteroatoms. The maximum atomic E-state index is 4.36. The van der Waals surface area contributed by atoms with Gasteiger partial charge in [-0.15, -0.1) is 0 Å². The van der Waals surface area contributed by atoms with Crippen molar-refractivity contribution in [1.82, 2.24) is 0 Å². The van der Waals surface area contributed by atoms with Gasteiger partial charge in [0, 0.05) is 18.4 Å². The van der Waals surface area contributed by atoms with Crippen LogP contribution in [0.4, 0.5) is 5.69 Å². The molecule has 0 radical (unpaired) electrons. The number of benzene rings is 1. The summed E-state index contributed by atoms with van der Waals surface area (Å²) >= 11 is 0. The van der Waals surface area contributed by atoms with Gasteiger partial charge < -0.3 is 5.32 Å². The van der Waals surface area contributed by atoms with Crippen LogP contribution in [0.25, 0.3) is 0 Å². The van der Waals surface area contributed by atoms with E-state index in [9.17, 15) is 0 Å². The first-order valence-electron chi connectivity index (χ1n) is 7.55. The number of aliphatic imine (C=N–C) groups is 1. The zero-order valence-corrected chi connectivity index (χ0v) is 14.3. The van der Waals surface area contributed by atoms with Gasteiger partial charge in [0.05, 0.1) is 5.54 Å². The minimum Gasteiger partial charge on any atom is -0.374 e. The van der Waals surface area contributed by atoms with E-state index in [0.29, 0.717) is 11.8 Å². The lowest BCUT2D eigenvalue weighted by Crippen LogP contribution is -2.39. The van der Waals surface area contributed by atoms with Crippen LogP contribution in [0.15, 0.2) is 23.2 Å². The summed E-state index contributed by atoms with van der Waals surface area (Å²) in [6.07, 6.45) is 0. The predicted octanol–water partition coefficient (Wildman–Crippen LogP) is 5.21. The molecule has 0 fully saturated rings. The maximum absolute atomic E-state index is 4.36. The Morgan fingerprint density at radius 3 is 1.85 bits per heavy atom. The highest BCUT2D eigenvalue weighted by Crippen LogP contribution is 2.34. The third-order valence-electron chi connectivity index (χ3n) is 4.05. The van der Waals surface area contributed by atoms with Gasteiger partial charge in [-0.05, 0) is 43.7 Å². The molecular formula is C18H30N2. The third-order valence-corrected chi connectivity index (χ3v) is 4.05. The van der Waals surface area contributed by atoms with E-state index < -0.39 is 0 Å². The van der Waals surface area contributed by atoms with E-state index in [0.717, 1.165) is 5.71 Å². The Morgan fingerprint density at radius 2 is 1.50 bits per heavy atom. The minimum atomic E-state index is -0.136. The molecule has 0 aliphatic rings. The number of nitrogens with one attached hydrogen (secondary N) is 1. The van der Waals surface area contributed by atoms with Crippen molar-refractivity contribution in [3.8, 4) is 0 Å². The molecule has 0 heterocycles. The van der Waals surface area contributed by atoms with Crippen molar-refractivity contribution in [3.05, 3.63) is 29.3 Å². The van der Waals surface area contributed by atoms with Gasteiger partial charge in [0.15, 0.2) is 0 Å². The van der Waals surface area contributed by atoms with Gasteiger partial charge in [0.1, 0.15) is 0 Å². The minimum absolute atomic E-state index is 0.136. The first kappa shape index (κ1) is 16.7. The molecule has 0 aliphatic carbocycles. The van der Waals surface area contributed by atoms with Crippen molar-refractivity contribution in [3.63, 3.8) is 0 Å². The van der Waals surface area contributed by atoms with Crippen LogP contribution in [0.5, 0.6) is 0 Å². The standard InChI is InChI=1S/C18H30N2/c1-12(2)15-10-9-11-16(13(3)4)17(15)20-18(6,7)14(5)19-8/h9-13,20H,1-8H3. The molecule has 0 atom stereocenters. The number of hydrogen-bond acceptors (Lipinski definition) is 2.